The van der Waals surface area contributed by atoms with Crippen molar-refractivity contribution in [2.45, 2.75) is 163 Å². The summed E-state index contributed by atoms with van der Waals surface area (Å²) in [6, 6.07) is 20.8. The molecule has 2 aromatic heterocycles. The number of H-pyrrole nitrogens is 2. The first kappa shape index (κ1) is 86.8. The van der Waals surface area contributed by atoms with Crippen molar-refractivity contribution in [3.05, 3.63) is 187 Å². The molecule has 2 amide bonds. The van der Waals surface area contributed by atoms with E-state index in [0.717, 1.165) is 123 Å². The molecule has 125 heavy (non-hydrogen) atoms. The molecule has 1 spiro atoms. The third kappa shape index (κ3) is 14.9. The number of rotatable bonds is 12. The number of nitrogens with two attached hydrogens (primary N) is 1. The lowest BCUT2D eigenvalue weighted by Gasteiger charge is -2.62. The van der Waals surface area contributed by atoms with Crippen molar-refractivity contribution in [2.24, 2.45) is 5.73 Å². The molecular formula is C92H102N12O19S2. The minimum atomic E-state index is -1.37. The first-order valence-electron chi connectivity index (χ1n) is 41.6. The molecule has 0 unspecified atom stereocenters. The van der Waals surface area contributed by atoms with Crippen molar-refractivity contribution < 1.29 is 91.5 Å². The SMILES string of the molecule is C=CCOC(=O)NC[C@@H](N)Cc1c[nH]c2ccccc12.C=CCOC(=O)NC[C@@H]1Cc2c([nH]c3ccccc23)[C@@]2(CS[C@@H]3c4c(C)c(C)c5c(c4[C@H](COC2=O)N2[C@@H]3[C@H]3c4c(cc(C)c(OC)c4O)C[C@@H]([C@@H]2C#N)N3C)OCO5)N1.CC(=O)O.COc1c(C)cc2c(c1O)[C@@H]1[C@@H]3[C@@H]4SCC(=O)C(=O)OC[C@@H](c5c6c(c(C)c(C)c54)OCO6)N3[C@@H](C#N)[C@H](C2)N1C. The molecule has 0 aliphatic carbocycles. The number of amides is 2. The lowest BCUT2D eigenvalue weighted by atomic mass is 9.71. The number of esters is 2. The molecule has 8 bridgehead atoms. The Morgan fingerprint density at radius 1 is 0.672 bits per heavy atom. The zero-order chi connectivity index (χ0) is 88.6. The van der Waals surface area contributed by atoms with Crippen LogP contribution < -0.4 is 50.1 Å². The molecule has 12 aliphatic rings. The van der Waals surface area contributed by atoms with Gasteiger partial charge in [-0.15, -0.1) is 23.5 Å². The number of hydrogen-bond donors (Lipinski definition) is 9. The molecule has 10 N–H and O–H groups in total. The Morgan fingerprint density at radius 2 is 1.17 bits per heavy atom. The number of benzene rings is 6. The molecule has 4 saturated heterocycles. The Labute approximate surface area is 731 Å². The molecule has 31 nitrogen and oxygen atoms in total. The largest absolute Gasteiger partial charge is 0.504 e. The van der Waals surface area contributed by atoms with Gasteiger partial charge in [0.05, 0.1) is 62.0 Å². The van der Waals surface area contributed by atoms with Crippen molar-refractivity contribution in [3.8, 4) is 58.1 Å². The van der Waals surface area contributed by atoms with E-state index in [4.69, 9.17) is 63.0 Å². The van der Waals surface area contributed by atoms with Crippen molar-refractivity contribution in [2.75, 3.05) is 92.9 Å². The van der Waals surface area contributed by atoms with Gasteiger partial charge in [0.25, 0.3) is 5.97 Å². The maximum Gasteiger partial charge on any atom is 0.407 e. The Morgan fingerprint density at radius 3 is 1.70 bits per heavy atom. The summed E-state index contributed by atoms with van der Waals surface area (Å²) in [5.74, 6) is 1.05. The fraction of sp³-hybridized carbons (Fsp3) is 0.435. The number of piperazine rings is 2. The van der Waals surface area contributed by atoms with Gasteiger partial charge in [0.2, 0.25) is 19.4 Å². The van der Waals surface area contributed by atoms with Crippen LogP contribution in [0.3, 0.4) is 0 Å². The van der Waals surface area contributed by atoms with Crippen LogP contribution in [0.1, 0.15) is 136 Å². The number of aromatic nitrogens is 2. The van der Waals surface area contributed by atoms with Crippen LogP contribution in [0.2, 0.25) is 0 Å². The van der Waals surface area contributed by atoms with Crippen molar-refractivity contribution in [3.63, 3.8) is 0 Å². The van der Waals surface area contributed by atoms with Crippen molar-refractivity contribution in [1.29, 1.82) is 10.5 Å². The fourth-order valence-electron chi connectivity index (χ4n) is 21.1. The van der Waals surface area contributed by atoms with Crippen LogP contribution in [0.15, 0.2) is 92.2 Å². The first-order chi connectivity index (χ1) is 60.1. The monoisotopic (exact) mass is 1740 g/mol. The Bertz CT molecular complexity index is 5800. The van der Waals surface area contributed by atoms with Gasteiger partial charge >= 0.3 is 24.1 Å². The number of aromatic hydroxyl groups is 2. The average molecular weight is 1740 g/mol. The number of carbonyl (C=O) groups excluding carboxylic acids is 5. The Kier molecular flexibility index (Phi) is 24.3. The topological polar surface area (TPSA) is 410 Å². The molecule has 15 atom stereocenters. The summed E-state index contributed by atoms with van der Waals surface area (Å²) in [6.45, 7) is 21.0. The van der Waals surface area contributed by atoms with E-state index < -0.39 is 65.6 Å². The second kappa shape index (κ2) is 35.0. The number of ether oxygens (including phenoxy) is 10. The molecule has 4 fully saturated rings. The number of nitrogens with one attached hydrogen (secondary N) is 5. The maximum atomic E-state index is 15.3. The number of carbonyl (C=O) groups is 6. The average Bonchev–Trinajstić information content (AvgIpc) is 1.39. The van der Waals surface area contributed by atoms with E-state index in [1.807, 2.05) is 84.3 Å². The lowest BCUT2D eigenvalue weighted by molar-refractivity contribution is -0.158. The number of aliphatic carboxylic acids is 1. The zero-order valence-electron chi connectivity index (χ0n) is 71.4. The number of likely N-dealkylation sites (N-methyl/N-ethyl adjacent to an activating group) is 2. The molecule has 6 aromatic carbocycles. The van der Waals surface area contributed by atoms with Crippen LogP contribution in [0.25, 0.3) is 21.8 Å². The number of para-hydroxylation sites is 2. The molecule has 20 rings (SSSR count). The number of phenolic OH excluding ortho intramolecular Hbond substituents is 2. The smallest absolute Gasteiger partial charge is 0.407 e. The van der Waals surface area contributed by atoms with E-state index in [9.17, 15) is 39.9 Å². The van der Waals surface area contributed by atoms with Crippen LogP contribution in [-0.2, 0) is 69.3 Å². The van der Waals surface area contributed by atoms with Gasteiger partial charge < -0.3 is 89.0 Å². The summed E-state index contributed by atoms with van der Waals surface area (Å²) >= 11 is 3.02. The van der Waals surface area contributed by atoms with E-state index in [2.05, 4.69) is 109 Å². The molecule has 8 aromatic rings. The third-order valence-electron chi connectivity index (χ3n) is 26.5. The predicted molar refractivity (Wildman–Crippen MR) is 465 cm³/mol. The maximum absolute atomic E-state index is 15.3. The summed E-state index contributed by atoms with van der Waals surface area (Å²) in [5.41, 5.74) is 22.5. The number of cyclic esters (lactones) is 1. The molecule has 33 heteroatoms. The van der Waals surface area contributed by atoms with Gasteiger partial charge in [-0.3, -0.25) is 34.5 Å². The highest BCUT2D eigenvalue weighted by Gasteiger charge is 2.64. The molecule has 12 aliphatic heterocycles. The summed E-state index contributed by atoms with van der Waals surface area (Å²) in [5, 5.41) is 63.9. The Balaban J connectivity index is 0.000000152. The third-order valence-corrected chi connectivity index (χ3v) is 29.3. The number of alkyl carbamates (subject to hydrolysis) is 2. The number of aromatic amines is 2. The number of aryl methyl sites for hydroxylation is 2. The second-order valence-electron chi connectivity index (χ2n) is 33.3. The fourth-order valence-corrected chi connectivity index (χ4v) is 24.3. The number of nitrogens with zero attached hydrogens (tertiary/aromatic N) is 6. The number of carboxylic acids is 1. The van der Waals surface area contributed by atoms with E-state index in [0.29, 0.717) is 66.7 Å². The molecule has 0 radical (unpaired) electrons. The van der Waals surface area contributed by atoms with Gasteiger partial charge in [-0.25, -0.2) is 19.2 Å². The highest BCUT2D eigenvalue weighted by molar-refractivity contribution is 8.00. The van der Waals surface area contributed by atoms with Crippen LogP contribution in [-0.4, -0.2) is 222 Å². The number of carboxylic acid groups (broad SMARTS) is 1. The predicted octanol–water partition coefficient (Wildman–Crippen LogP) is 10.6. The highest BCUT2D eigenvalue weighted by Crippen LogP contribution is 2.66. The van der Waals surface area contributed by atoms with Gasteiger partial charge in [-0.1, -0.05) is 73.8 Å². The van der Waals surface area contributed by atoms with Gasteiger partial charge in [-0.2, -0.15) is 10.5 Å². The van der Waals surface area contributed by atoms with E-state index >= 15 is 4.79 Å². The Hall–Kier alpha value is -11.7. The quantitative estimate of drug-likeness (QED) is 0.0237. The van der Waals surface area contributed by atoms with Crippen LogP contribution in [0.4, 0.5) is 9.59 Å². The van der Waals surface area contributed by atoms with E-state index in [-0.39, 0.29) is 128 Å². The molecule has 656 valence electrons. The number of thioether (sulfide) groups is 2. The summed E-state index contributed by atoms with van der Waals surface area (Å²) < 4.78 is 58.2. The number of phenols is 2. The molecular weight excluding hydrogens is 1640 g/mol. The molecule has 14 heterocycles. The van der Waals surface area contributed by atoms with Gasteiger partial charge in [-0.05, 0) is 160 Å². The second-order valence-corrected chi connectivity index (χ2v) is 35.6. The summed E-state index contributed by atoms with van der Waals surface area (Å²) in [4.78, 5) is 89.5. The first-order valence-corrected chi connectivity index (χ1v) is 43.7. The normalized spacial score (nSPS) is 25.8. The number of Topliss-reactive ketones (excluding diaryl/α,β-unsaturated/α-hetero) is 1. The summed E-state index contributed by atoms with van der Waals surface area (Å²) in [6.07, 6.45) is 6.25. The van der Waals surface area contributed by atoms with Crippen LogP contribution in [0.5, 0.6) is 46.0 Å². The number of fused-ring (bicyclic) bond motifs is 21. The van der Waals surface area contributed by atoms with Gasteiger partial charge in [0.15, 0.2) is 51.5 Å². The van der Waals surface area contributed by atoms with Crippen molar-refractivity contribution >= 4 is 81.2 Å². The number of methoxy groups -OCH3 is 2. The van der Waals surface area contributed by atoms with Crippen molar-refractivity contribution in [1.82, 2.24) is 45.5 Å². The number of ketones is 1. The number of nitriles is 2. The standard InChI is InChI=1S/C45H48N6O8S.C30H31N3O7S.C15H19N3O2.C2H4O2/c1-7-12-56-44(54)47-17-25-15-27-26-10-8-9-11-28(26)48-42(27)45(49-25)19-60-41-32-22(3)23(4)39-40(59-20-58-39)34(32)31(18-57-43(45)53)51-30(16-46)29-14-24-13-21(2)38(55-6)37(52)33(24)35(36(41)51)50(29)5;1-12-6-15-7-16-17(8-31)33-18-9-38-30(36)19(34)10-41-29(20-13(2)14(3)27-28(22(18)20)40-11-39-27)24(33)23(32(16)4)21(15)25(35)26(12)37-5;1-2-7-20-15(19)18-10-12(16)8-11-9-17-14-6-4-3-5-13(11)14;1-2(3)4/h7-11,13,25,29-31,35-36,41,48-49,52H,1,12,14-15,17-20H2,2-6H3,(H,47,54);6,16-18,23-24,29,35H,7,9-11H2,1-5H3;2-6,9,12,17H,1,7-8,10,16H2,(H,18,19);1H3,(H,3,4)/t25-,29-,30-,31-,35+,36+,41+,45+;16-,17-,18-,23+,24+,29+;12-;/m000./s1. The van der Waals surface area contributed by atoms with Gasteiger partial charge in [0, 0.05) is 123 Å². The lowest BCUT2D eigenvalue weighted by Crippen LogP contribution is -2.70. The molecule has 0 saturated carbocycles. The van der Waals surface area contributed by atoms with Crippen LogP contribution in [0, 0.1) is 64.2 Å². The van der Waals surface area contributed by atoms with Crippen LogP contribution >= 0.6 is 23.5 Å². The van der Waals surface area contributed by atoms with Gasteiger partial charge in [0.1, 0.15) is 38.5 Å². The highest BCUT2D eigenvalue weighted by atomic mass is 32.2. The minimum absolute atomic E-state index is 0.0582. The number of hydrogen-bond acceptors (Lipinski definition) is 28. The van der Waals surface area contributed by atoms with E-state index in [1.165, 1.54) is 23.9 Å². The van der Waals surface area contributed by atoms with E-state index in [1.54, 1.807) is 26.0 Å². The zero-order valence-corrected chi connectivity index (χ0v) is 73.0. The minimum Gasteiger partial charge on any atom is -0.504 e. The summed E-state index contributed by atoms with van der Waals surface area (Å²) in [7, 11) is 7.19.